The van der Waals surface area contributed by atoms with E-state index in [1.807, 2.05) is 13.1 Å². The second kappa shape index (κ2) is 9.48. The molecule has 2 rings (SSSR count). The van der Waals surface area contributed by atoms with Gasteiger partial charge in [-0.25, -0.2) is 13.6 Å². The summed E-state index contributed by atoms with van der Waals surface area (Å²) in [7, 11) is -1.69. The monoisotopic (exact) mass is 390 g/mol. The minimum absolute atomic E-state index is 0.0727. The van der Waals surface area contributed by atoms with E-state index in [4.69, 9.17) is 5.14 Å². The molecule has 0 saturated heterocycles. The van der Waals surface area contributed by atoms with Crippen LogP contribution in [0.15, 0.2) is 47.5 Å². The second-order valence-corrected chi connectivity index (χ2v) is 7.93. The predicted octanol–water partition coefficient (Wildman–Crippen LogP) is 1.94. The number of amides is 1. The lowest BCUT2D eigenvalue weighted by atomic mass is 10.1. The van der Waals surface area contributed by atoms with Crippen LogP contribution in [0.25, 0.3) is 0 Å². The van der Waals surface area contributed by atoms with Gasteiger partial charge in [0.15, 0.2) is 0 Å². The Morgan fingerprint density at radius 2 is 1.93 bits per heavy atom. The maximum Gasteiger partial charge on any atom is 0.269 e. The summed E-state index contributed by atoms with van der Waals surface area (Å²) in [5, 5.41) is 7.91. The zero-order valence-corrected chi connectivity index (χ0v) is 16.5. The maximum atomic E-state index is 12.3. The molecule has 0 fully saturated rings. The van der Waals surface area contributed by atoms with Crippen molar-refractivity contribution in [2.75, 3.05) is 25.0 Å². The zero-order valence-electron chi connectivity index (χ0n) is 15.7. The fourth-order valence-electron chi connectivity index (χ4n) is 2.56. The van der Waals surface area contributed by atoms with Crippen molar-refractivity contribution >= 4 is 21.6 Å². The number of unbranched alkanes of at least 4 members (excludes halogenated alkanes) is 1. The molecule has 0 unspecified atom stereocenters. The minimum atomic E-state index is -3.69. The number of pyridine rings is 1. The number of benzene rings is 1. The molecule has 0 aliphatic rings. The van der Waals surface area contributed by atoms with Crippen LogP contribution >= 0.6 is 0 Å². The fraction of sp³-hybridized carbons (Fsp3) is 0.368. The Hall–Kier alpha value is -2.45. The van der Waals surface area contributed by atoms with Crippen molar-refractivity contribution in [2.45, 2.75) is 31.1 Å². The first kappa shape index (κ1) is 20.9. The Labute approximate surface area is 160 Å². The molecular formula is C19H26N4O3S. The van der Waals surface area contributed by atoms with Gasteiger partial charge >= 0.3 is 0 Å². The van der Waals surface area contributed by atoms with Gasteiger partial charge in [-0.2, -0.15) is 0 Å². The maximum absolute atomic E-state index is 12.3. The van der Waals surface area contributed by atoms with E-state index >= 15 is 0 Å². The molecule has 0 bridgehead atoms. The number of hydrogen-bond acceptors (Lipinski definition) is 5. The molecule has 3 N–H and O–H groups in total. The molecule has 0 atom stereocenters. The number of carbonyl (C=O) groups excluding carboxylic acids is 1. The second-order valence-electron chi connectivity index (χ2n) is 6.37. The summed E-state index contributed by atoms with van der Waals surface area (Å²) in [5.41, 5.74) is 2.24. The van der Waals surface area contributed by atoms with Crippen LogP contribution in [-0.4, -0.2) is 39.4 Å². The molecule has 27 heavy (non-hydrogen) atoms. The van der Waals surface area contributed by atoms with Crippen LogP contribution in [0.3, 0.4) is 0 Å². The average Bonchev–Trinajstić information content (AvgIpc) is 2.65. The van der Waals surface area contributed by atoms with Crippen LogP contribution in [0.2, 0.25) is 0 Å². The van der Waals surface area contributed by atoms with E-state index in [1.54, 1.807) is 24.4 Å². The van der Waals surface area contributed by atoms with Gasteiger partial charge in [-0.1, -0.05) is 25.5 Å². The van der Waals surface area contributed by atoms with Crippen LogP contribution in [-0.2, 0) is 16.4 Å². The highest BCUT2D eigenvalue weighted by molar-refractivity contribution is 7.89. The summed E-state index contributed by atoms with van der Waals surface area (Å²) >= 11 is 0. The summed E-state index contributed by atoms with van der Waals surface area (Å²) in [4.78, 5) is 18.6. The number of primary sulfonamides is 1. The molecule has 1 aromatic carbocycles. The van der Waals surface area contributed by atoms with Crippen molar-refractivity contribution in [1.82, 2.24) is 10.3 Å². The van der Waals surface area contributed by atoms with E-state index in [-0.39, 0.29) is 10.8 Å². The normalized spacial score (nSPS) is 11.2. The number of hydrogen-bond donors (Lipinski definition) is 2. The third-order valence-electron chi connectivity index (χ3n) is 4.22. The molecule has 1 heterocycles. The topological polar surface area (TPSA) is 105 Å². The lowest BCUT2D eigenvalue weighted by Gasteiger charge is -2.19. The van der Waals surface area contributed by atoms with Crippen LogP contribution < -0.4 is 15.4 Å². The first-order valence-electron chi connectivity index (χ1n) is 8.88. The number of carbonyl (C=O) groups is 1. The first-order chi connectivity index (χ1) is 12.8. The molecule has 0 saturated carbocycles. The van der Waals surface area contributed by atoms with Gasteiger partial charge in [0.25, 0.3) is 5.91 Å². The van der Waals surface area contributed by atoms with Crippen molar-refractivity contribution < 1.29 is 13.2 Å². The highest BCUT2D eigenvalue weighted by Gasteiger charge is 2.10. The molecule has 8 heteroatoms. The van der Waals surface area contributed by atoms with Gasteiger partial charge < -0.3 is 10.2 Å². The van der Waals surface area contributed by atoms with Gasteiger partial charge in [0.1, 0.15) is 5.69 Å². The van der Waals surface area contributed by atoms with Gasteiger partial charge in [-0.15, -0.1) is 0 Å². The van der Waals surface area contributed by atoms with E-state index in [1.165, 1.54) is 12.1 Å². The molecule has 0 aliphatic heterocycles. The Kier molecular flexibility index (Phi) is 7.32. The quantitative estimate of drug-likeness (QED) is 0.681. The van der Waals surface area contributed by atoms with Crippen molar-refractivity contribution in [3.8, 4) is 0 Å². The molecule has 1 amide bonds. The highest BCUT2D eigenvalue weighted by Crippen LogP contribution is 2.14. The molecular weight excluding hydrogens is 364 g/mol. The molecule has 2 aromatic rings. The van der Waals surface area contributed by atoms with Crippen LogP contribution in [0, 0.1) is 0 Å². The number of anilines is 1. The lowest BCUT2D eigenvalue weighted by molar-refractivity contribution is 0.0949. The number of nitrogens with one attached hydrogen (secondary N) is 1. The van der Waals surface area contributed by atoms with Crippen molar-refractivity contribution in [2.24, 2.45) is 5.14 Å². The SMILES string of the molecule is CCCCN(C)c1ccnc(C(=O)NCCc2ccc(S(N)(=O)=O)cc2)c1. The molecule has 7 nitrogen and oxygen atoms in total. The van der Waals surface area contributed by atoms with E-state index in [0.717, 1.165) is 30.6 Å². The van der Waals surface area contributed by atoms with Crippen molar-refractivity contribution in [3.05, 3.63) is 53.9 Å². The molecule has 1 aromatic heterocycles. The van der Waals surface area contributed by atoms with Crippen molar-refractivity contribution in [1.29, 1.82) is 0 Å². The Balaban J connectivity index is 1.90. The zero-order chi connectivity index (χ0) is 19.9. The third kappa shape index (κ3) is 6.33. The summed E-state index contributed by atoms with van der Waals surface area (Å²) in [6, 6.07) is 9.97. The summed E-state index contributed by atoms with van der Waals surface area (Å²) in [5.74, 6) is -0.234. The molecule has 0 radical (unpaired) electrons. The predicted molar refractivity (Wildman–Crippen MR) is 106 cm³/mol. The molecule has 0 spiro atoms. The van der Waals surface area contributed by atoms with E-state index in [0.29, 0.717) is 18.7 Å². The van der Waals surface area contributed by atoms with Gasteiger partial charge in [0.05, 0.1) is 4.90 Å². The summed E-state index contributed by atoms with van der Waals surface area (Å²) in [6.07, 6.45) is 4.41. The minimum Gasteiger partial charge on any atom is -0.374 e. The van der Waals surface area contributed by atoms with Gasteiger partial charge in [-0.3, -0.25) is 9.78 Å². The van der Waals surface area contributed by atoms with E-state index in [9.17, 15) is 13.2 Å². The Morgan fingerprint density at radius 1 is 1.22 bits per heavy atom. The van der Waals surface area contributed by atoms with E-state index in [2.05, 4.69) is 22.1 Å². The van der Waals surface area contributed by atoms with Crippen molar-refractivity contribution in [3.63, 3.8) is 0 Å². The Morgan fingerprint density at radius 3 is 2.56 bits per heavy atom. The summed E-state index contributed by atoms with van der Waals surface area (Å²) in [6.45, 7) is 3.49. The molecule has 146 valence electrons. The van der Waals surface area contributed by atoms with Gasteiger partial charge in [-0.05, 0) is 42.7 Å². The number of nitrogens with zero attached hydrogens (tertiary/aromatic N) is 2. The Bertz CT molecular complexity index is 867. The molecule has 0 aliphatic carbocycles. The van der Waals surface area contributed by atoms with Crippen LogP contribution in [0.5, 0.6) is 0 Å². The third-order valence-corrected chi connectivity index (χ3v) is 5.14. The lowest BCUT2D eigenvalue weighted by Crippen LogP contribution is -2.27. The smallest absolute Gasteiger partial charge is 0.269 e. The standard InChI is InChI=1S/C19H26N4O3S/c1-3-4-13-23(2)16-10-12-21-18(14-16)19(24)22-11-9-15-5-7-17(8-6-15)27(20,25)26/h5-8,10,12,14H,3-4,9,11,13H2,1-2H3,(H,22,24)(H2,20,25,26). The number of sulfonamides is 1. The van der Waals surface area contributed by atoms with Crippen LogP contribution in [0.1, 0.15) is 35.8 Å². The van der Waals surface area contributed by atoms with Crippen LogP contribution in [0.4, 0.5) is 5.69 Å². The van der Waals surface area contributed by atoms with Gasteiger partial charge in [0.2, 0.25) is 10.0 Å². The highest BCUT2D eigenvalue weighted by atomic mass is 32.2. The summed E-state index contributed by atoms with van der Waals surface area (Å²) < 4.78 is 22.5. The number of nitrogens with two attached hydrogens (primary N) is 1. The fourth-order valence-corrected chi connectivity index (χ4v) is 3.08. The number of aromatic nitrogens is 1. The van der Waals surface area contributed by atoms with Gasteiger partial charge in [0, 0.05) is 32.0 Å². The average molecular weight is 391 g/mol. The number of rotatable bonds is 9. The largest absolute Gasteiger partial charge is 0.374 e. The van der Waals surface area contributed by atoms with E-state index < -0.39 is 10.0 Å². The first-order valence-corrected chi connectivity index (χ1v) is 10.4.